The van der Waals surface area contributed by atoms with Gasteiger partial charge in [-0.05, 0) is 13.3 Å². The Bertz CT molecular complexity index is 91.6. The number of alkyl halides is 4. The lowest BCUT2D eigenvalue weighted by atomic mass is 10.3. The second-order valence-corrected chi connectivity index (χ2v) is 14.1. The predicted octanol–water partition coefficient (Wildman–Crippen LogP) is 4.55. The molecule has 0 rings (SSSR count). The van der Waals surface area contributed by atoms with Crippen LogP contribution < -0.4 is 0 Å². The molecule has 0 atom stereocenters. The zero-order valence-electron chi connectivity index (χ0n) is 5.22. The minimum absolute atomic E-state index is 0.360. The van der Waals surface area contributed by atoms with Crippen molar-refractivity contribution in [3.8, 4) is 0 Å². The topological polar surface area (TPSA) is 0 Å². The molecule has 0 saturated carbocycles. The normalized spacial score (nSPS) is 14.0. The van der Waals surface area contributed by atoms with E-state index < -0.39 is 0 Å². The van der Waals surface area contributed by atoms with Crippen LogP contribution in [0.3, 0.4) is 0 Å². The van der Waals surface area contributed by atoms with Gasteiger partial charge < -0.3 is 0 Å². The van der Waals surface area contributed by atoms with Gasteiger partial charge in [-0.25, -0.2) is 0 Å². The summed E-state index contributed by atoms with van der Waals surface area (Å²) in [7, 11) is 0. The summed E-state index contributed by atoms with van der Waals surface area (Å²) in [4.78, 5) is 0. The summed E-state index contributed by atoms with van der Waals surface area (Å²) in [6, 6.07) is 0. The van der Waals surface area contributed by atoms with Crippen molar-refractivity contribution >= 4 is 90.4 Å². The highest BCUT2D eigenvalue weighted by atomic mass is 127. The fourth-order valence-electron chi connectivity index (χ4n) is 0.310. The molecule has 0 aromatic rings. The van der Waals surface area contributed by atoms with Crippen molar-refractivity contribution in [3.63, 3.8) is 0 Å². The van der Waals surface area contributed by atoms with E-state index in [1.807, 2.05) is 0 Å². The van der Waals surface area contributed by atoms with Crippen LogP contribution in [-0.2, 0) is 0 Å². The summed E-state index contributed by atoms with van der Waals surface area (Å²) < 4.78 is 0.752. The zero-order chi connectivity index (χ0) is 7.71. The Hall–Kier alpha value is 2.92. The Morgan fingerprint density at radius 1 is 1.11 bits per heavy atom. The Labute approximate surface area is 111 Å². The Kier molecular flexibility index (Phi) is 5.62. The molecule has 0 N–H and O–H groups in total. The third kappa shape index (κ3) is 3.90. The molecule has 0 radical (unpaired) electrons. The van der Waals surface area contributed by atoms with Gasteiger partial charge in [-0.2, -0.15) is 0 Å². The van der Waals surface area contributed by atoms with Gasteiger partial charge in [0.25, 0.3) is 0 Å². The molecule has 56 valence electrons. The maximum absolute atomic E-state index is 2.52. The first-order valence-corrected chi connectivity index (χ1v) is 6.88. The largest absolute Gasteiger partial charge is 0.0963 e. The molecular weight excluding hydrogens is 568 g/mol. The lowest BCUT2D eigenvalue weighted by molar-refractivity contribution is 0.815. The number of hydrogen-bond donors (Lipinski definition) is 0. The van der Waals surface area contributed by atoms with E-state index in [0.717, 1.165) is 0 Å². The van der Waals surface area contributed by atoms with E-state index in [-0.39, 0.29) is 0 Å². The van der Waals surface area contributed by atoms with Gasteiger partial charge in [0.2, 0.25) is 0 Å². The summed E-state index contributed by atoms with van der Waals surface area (Å²) in [6.07, 6.45) is 1.22. The van der Waals surface area contributed by atoms with Crippen LogP contribution in [0.4, 0.5) is 0 Å². The average Bonchev–Trinajstić information content (AvgIpc) is 1.64. The molecule has 0 spiro atoms. The summed E-state index contributed by atoms with van der Waals surface area (Å²) in [5.74, 6) is 0. The van der Waals surface area contributed by atoms with Gasteiger partial charge in [0.15, 0.2) is 0 Å². The summed E-state index contributed by atoms with van der Waals surface area (Å²) in [6.45, 7) is 4.49. The average molecular weight is 576 g/mol. The summed E-state index contributed by atoms with van der Waals surface area (Å²) >= 11 is 10.0. The first kappa shape index (κ1) is 11.9. The first-order valence-electron chi connectivity index (χ1n) is 2.57. The van der Waals surface area contributed by atoms with Crippen LogP contribution in [0.2, 0.25) is 0 Å². The summed E-state index contributed by atoms with van der Waals surface area (Å²) in [5, 5.41) is 0. The van der Waals surface area contributed by atoms with Crippen LogP contribution in [0.5, 0.6) is 0 Å². The monoisotopic (exact) mass is 576 g/mol. The molecule has 0 aliphatic rings. The molecular formula is C5H8I4. The third-order valence-corrected chi connectivity index (χ3v) is 10.7. The van der Waals surface area contributed by atoms with Gasteiger partial charge >= 0.3 is 0 Å². The molecule has 0 nitrogen and oxygen atoms in total. The highest BCUT2D eigenvalue weighted by Crippen LogP contribution is 2.51. The van der Waals surface area contributed by atoms with E-state index in [0.29, 0.717) is 2.86 Å². The second-order valence-electron chi connectivity index (χ2n) is 1.95. The second kappa shape index (κ2) is 4.24. The van der Waals surface area contributed by atoms with Gasteiger partial charge in [0.1, 0.15) is 0 Å². The van der Waals surface area contributed by atoms with Crippen molar-refractivity contribution in [1.29, 1.82) is 0 Å². The van der Waals surface area contributed by atoms with E-state index >= 15 is 0 Å². The Balaban J connectivity index is 4.14. The predicted molar refractivity (Wildman–Crippen MR) is 77.5 cm³/mol. The molecule has 0 heterocycles. The van der Waals surface area contributed by atoms with Crippen molar-refractivity contribution in [2.75, 3.05) is 0 Å². The molecule has 4 heteroatoms. The van der Waals surface area contributed by atoms with Crippen molar-refractivity contribution in [3.05, 3.63) is 0 Å². The van der Waals surface area contributed by atoms with E-state index in [9.17, 15) is 0 Å². The molecule has 0 bridgehead atoms. The van der Waals surface area contributed by atoms with Crippen LogP contribution >= 0.6 is 90.4 Å². The van der Waals surface area contributed by atoms with Gasteiger partial charge in [0.05, 0.1) is 2.86 Å². The Morgan fingerprint density at radius 2 is 1.44 bits per heavy atom. The van der Waals surface area contributed by atoms with Crippen LogP contribution in [0.25, 0.3) is 0 Å². The quantitative estimate of drug-likeness (QED) is 0.335. The van der Waals surface area contributed by atoms with Crippen molar-refractivity contribution in [2.24, 2.45) is 0 Å². The number of halogens is 4. The van der Waals surface area contributed by atoms with Crippen LogP contribution in [0.15, 0.2) is 0 Å². The minimum Gasteiger partial charge on any atom is -0.0652 e. The summed E-state index contributed by atoms with van der Waals surface area (Å²) in [5.41, 5.74) is 0. The maximum atomic E-state index is 2.52. The van der Waals surface area contributed by atoms with Gasteiger partial charge in [0, 0.05) is 0 Å². The van der Waals surface area contributed by atoms with E-state index in [1.54, 1.807) is 0 Å². The lowest BCUT2D eigenvalue weighted by Crippen LogP contribution is -2.29. The molecule has 0 aromatic carbocycles. The molecule has 0 aliphatic carbocycles. The zero-order valence-corrected chi connectivity index (χ0v) is 13.8. The Morgan fingerprint density at radius 3 is 1.44 bits per heavy atom. The molecule has 0 amide bonds. The highest BCUT2D eigenvalue weighted by molar-refractivity contribution is 14.2. The molecule has 0 fully saturated rings. The van der Waals surface area contributed by atoms with E-state index in [4.69, 9.17) is 0 Å². The minimum atomic E-state index is 0.360. The third-order valence-electron chi connectivity index (χ3n) is 1.09. The molecule has 0 aromatic heterocycles. The van der Waals surface area contributed by atoms with E-state index in [1.165, 1.54) is 6.42 Å². The molecule has 9 heavy (non-hydrogen) atoms. The van der Waals surface area contributed by atoms with Crippen molar-refractivity contribution in [1.82, 2.24) is 0 Å². The lowest BCUT2D eigenvalue weighted by Gasteiger charge is -2.30. The number of hydrogen-bond acceptors (Lipinski definition) is 0. The van der Waals surface area contributed by atoms with Crippen LogP contribution in [0.1, 0.15) is 20.3 Å². The molecule has 0 saturated heterocycles. The number of rotatable bonds is 2. The van der Waals surface area contributed by atoms with Gasteiger partial charge in [-0.3, -0.25) is 0 Å². The van der Waals surface area contributed by atoms with Crippen LogP contribution in [-0.4, -0.2) is 2.86 Å². The molecule has 0 aliphatic heterocycles. The fourth-order valence-corrected chi connectivity index (χ4v) is 1.07. The van der Waals surface area contributed by atoms with Crippen LogP contribution in [0, 0.1) is 0 Å². The van der Waals surface area contributed by atoms with E-state index in [2.05, 4.69) is 104 Å². The SMILES string of the molecule is CCC(I)(I)C(C)(I)I. The van der Waals surface area contributed by atoms with Crippen molar-refractivity contribution in [2.45, 2.75) is 23.1 Å². The smallest absolute Gasteiger partial charge is 0.0652 e. The van der Waals surface area contributed by atoms with Crippen molar-refractivity contribution < 1.29 is 0 Å². The molecule has 0 unspecified atom stereocenters. The fraction of sp³-hybridized carbons (Fsp3) is 1.00. The first-order chi connectivity index (χ1) is 3.81. The standard InChI is InChI=1S/C5H8I4/c1-3-5(8,9)4(2,6)7/h3H2,1-2H3. The van der Waals surface area contributed by atoms with Gasteiger partial charge in [-0.15, -0.1) is 0 Å². The maximum Gasteiger partial charge on any atom is 0.0963 e. The highest BCUT2D eigenvalue weighted by Gasteiger charge is 2.38. The van der Waals surface area contributed by atoms with Gasteiger partial charge in [-0.1, -0.05) is 97.3 Å².